The maximum Gasteiger partial charge on any atom is 0.255 e. The predicted octanol–water partition coefficient (Wildman–Crippen LogP) is -0.266. The fourth-order valence-electron chi connectivity index (χ4n) is 2.61. The number of carbonyl (C=O) groups is 4. The van der Waals surface area contributed by atoms with E-state index in [1.165, 1.54) is 9.80 Å². The maximum absolute atomic E-state index is 12.3. The molecule has 128 valence electrons. The van der Waals surface area contributed by atoms with E-state index in [9.17, 15) is 19.2 Å². The molecule has 2 aliphatic heterocycles. The Morgan fingerprint density at radius 1 is 1.29 bits per heavy atom. The molecule has 1 aromatic rings. The van der Waals surface area contributed by atoms with Gasteiger partial charge >= 0.3 is 0 Å². The summed E-state index contributed by atoms with van der Waals surface area (Å²) < 4.78 is 0. The number of rotatable bonds is 2. The molecule has 8 nitrogen and oxygen atoms in total. The summed E-state index contributed by atoms with van der Waals surface area (Å²) in [4.78, 5) is 47.6. The van der Waals surface area contributed by atoms with Crippen LogP contribution < -0.4 is 11.1 Å². The van der Waals surface area contributed by atoms with Crippen LogP contribution in [0.2, 0.25) is 0 Å². The Bertz CT molecular complexity index is 687. The van der Waals surface area contributed by atoms with Gasteiger partial charge in [-0.1, -0.05) is 6.07 Å². The Morgan fingerprint density at radius 3 is 2.50 bits per heavy atom. The number of fused-ring (bicyclic) bond motifs is 1. The van der Waals surface area contributed by atoms with E-state index in [0.29, 0.717) is 24.2 Å². The molecule has 1 aromatic carbocycles. The lowest BCUT2D eigenvalue weighted by Crippen LogP contribution is -2.52. The van der Waals surface area contributed by atoms with Gasteiger partial charge in [-0.05, 0) is 18.6 Å². The summed E-state index contributed by atoms with van der Waals surface area (Å²) in [6.07, 6.45) is 1.37. The standard InChI is InChI=1S/C13H13N3O3.C3H7NO/c14-9-3-1-2-7-8(9)6-16(13(7)19)10-4-5-11(17)15-12(10)18;1-4(2)3-5/h1-3,10H,4-6,14H2,(H,15,17,18);3H,1-2H3. The van der Waals surface area contributed by atoms with E-state index in [1.54, 1.807) is 32.3 Å². The fraction of sp³-hybridized carbons (Fsp3) is 0.375. The average Bonchev–Trinajstić information content (AvgIpc) is 2.87. The third-order valence-corrected chi connectivity index (χ3v) is 3.83. The van der Waals surface area contributed by atoms with Crippen LogP contribution in [0.25, 0.3) is 0 Å². The first-order valence-electron chi connectivity index (χ1n) is 7.49. The van der Waals surface area contributed by atoms with Gasteiger partial charge in [-0.3, -0.25) is 24.5 Å². The number of amides is 4. The molecule has 0 spiro atoms. The van der Waals surface area contributed by atoms with Crippen molar-refractivity contribution >= 4 is 29.8 Å². The van der Waals surface area contributed by atoms with E-state index in [2.05, 4.69) is 5.32 Å². The third kappa shape index (κ3) is 3.53. The molecule has 8 heteroatoms. The normalized spacial score (nSPS) is 19.2. The monoisotopic (exact) mass is 332 g/mol. The van der Waals surface area contributed by atoms with Gasteiger partial charge in [0, 0.05) is 43.9 Å². The number of carbonyl (C=O) groups excluding carboxylic acids is 4. The SMILES string of the molecule is CN(C)C=O.Nc1cccc2c1CN(C1CCC(=O)NC1=O)C2=O. The van der Waals surface area contributed by atoms with E-state index < -0.39 is 11.9 Å². The van der Waals surface area contributed by atoms with Crippen LogP contribution in [-0.4, -0.2) is 54.1 Å². The van der Waals surface area contributed by atoms with E-state index >= 15 is 0 Å². The number of nitrogens with one attached hydrogen (secondary N) is 1. The van der Waals surface area contributed by atoms with Crippen LogP contribution in [-0.2, 0) is 20.9 Å². The molecule has 0 aliphatic carbocycles. The number of imide groups is 1. The summed E-state index contributed by atoms with van der Waals surface area (Å²) in [5.74, 6) is -0.891. The van der Waals surface area contributed by atoms with E-state index in [1.807, 2.05) is 0 Å². The predicted molar refractivity (Wildman–Crippen MR) is 86.7 cm³/mol. The second-order valence-corrected chi connectivity index (χ2v) is 5.84. The minimum Gasteiger partial charge on any atom is -0.398 e. The first-order chi connectivity index (χ1) is 11.3. The van der Waals surface area contributed by atoms with Crippen molar-refractivity contribution in [2.75, 3.05) is 19.8 Å². The quantitative estimate of drug-likeness (QED) is 0.440. The Kier molecular flexibility index (Phi) is 5.18. The molecule has 3 N–H and O–H groups in total. The molecule has 2 heterocycles. The largest absolute Gasteiger partial charge is 0.398 e. The number of piperidine rings is 1. The lowest BCUT2D eigenvalue weighted by molar-refractivity contribution is -0.136. The lowest BCUT2D eigenvalue weighted by Gasteiger charge is -2.29. The highest BCUT2D eigenvalue weighted by Crippen LogP contribution is 2.30. The number of nitrogens with two attached hydrogens (primary N) is 1. The van der Waals surface area contributed by atoms with E-state index in [-0.39, 0.29) is 18.2 Å². The summed E-state index contributed by atoms with van der Waals surface area (Å²) in [5.41, 5.74) is 7.71. The average molecular weight is 332 g/mol. The smallest absolute Gasteiger partial charge is 0.255 e. The van der Waals surface area contributed by atoms with Crippen molar-refractivity contribution < 1.29 is 19.2 Å². The van der Waals surface area contributed by atoms with Gasteiger partial charge < -0.3 is 15.5 Å². The second kappa shape index (κ2) is 7.12. The third-order valence-electron chi connectivity index (χ3n) is 3.83. The zero-order valence-corrected chi connectivity index (χ0v) is 13.6. The molecule has 1 unspecified atom stereocenters. The minimum atomic E-state index is -0.586. The van der Waals surface area contributed by atoms with Gasteiger partial charge in [0.1, 0.15) is 6.04 Å². The molecular formula is C16H20N4O4. The highest BCUT2D eigenvalue weighted by Gasteiger charge is 2.39. The Balaban J connectivity index is 0.000000368. The number of hydrogen-bond acceptors (Lipinski definition) is 5. The molecule has 1 atom stereocenters. The summed E-state index contributed by atoms with van der Waals surface area (Å²) in [7, 11) is 3.38. The van der Waals surface area contributed by atoms with Crippen LogP contribution >= 0.6 is 0 Å². The molecule has 4 amide bonds. The van der Waals surface area contributed by atoms with Gasteiger partial charge in [0.25, 0.3) is 5.91 Å². The molecule has 0 saturated carbocycles. The first-order valence-corrected chi connectivity index (χ1v) is 7.49. The second-order valence-electron chi connectivity index (χ2n) is 5.84. The van der Waals surface area contributed by atoms with Crippen molar-refractivity contribution in [1.29, 1.82) is 0 Å². The Labute approximate surface area is 139 Å². The molecule has 1 fully saturated rings. The van der Waals surface area contributed by atoms with Gasteiger partial charge in [-0.2, -0.15) is 0 Å². The first kappa shape index (κ1) is 17.5. The molecule has 1 saturated heterocycles. The van der Waals surface area contributed by atoms with Gasteiger partial charge in [0.15, 0.2) is 0 Å². The molecule has 3 rings (SSSR count). The van der Waals surface area contributed by atoms with Crippen molar-refractivity contribution in [3.8, 4) is 0 Å². The number of anilines is 1. The molecule has 2 aliphatic rings. The fourth-order valence-corrected chi connectivity index (χ4v) is 2.61. The molecule has 0 bridgehead atoms. The number of hydrogen-bond donors (Lipinski definition) is 2. The van der Waals surface area contributed by atoms with Crippen molar-refractivity contribution in [1.82, 2.24) is 15.1 Å². The van der Waals surface area contributed by atoms with Crippen LogP contribution in [0.4, 0.5) is 5.69 Å². The molecule has 24 heavy (non-hydrogen) atoms. The van der Waals surface area contributed by atoms with E-state index in [4.69, 9.17) is 5.73 Å². The van der Waals surface area contributed by atoms with Crippen LogP contribution in [0, 0.1) is 0 Å². The molecule has 0 aromatic heterocycles. The van der Waals surface area contributed by atoms with Crippen LogP contribution in [0.15, 0.2) is 18.2 Å². The number of nitrogen functional groups attached to an aromatic ring is 1. The van der Waals surface area contributed by atoms with Gasteiger partial charge in [0.2, 0.25) is 18.2 Å². The van der Waals surface area contributed by atoms with Crippen molar-refractivity contribution in [3.63, 3.8) is 0 Å². The van der Waals surface area contributed by atoms with Gasteiger partial charge in [0.05, 0.1) is 0 Å². The molecular weight excluding hydrogens is 312 g/mol. The maximum atomic E-state index is 12.3. The van der Waals surface area contributed by atoms with E-state index in [0.717, 1.165) is 12.0 Å². The highest BCUT2D eigenvalue weighted by atomic mass is 16.2. The van der Waals surface area contributed by atoms with Crippen molar-refractivity contribution in [3.05, 3.63) is 29.3 Å². The Morgan fingerprint density at radius 2 is 1.96 bits per heavy atom. The topological polar surface area (TPSA) is 113 Å². The van der Waals surface area contributed by atoms with Gasteiger partial charge in [-0.15, -0.1) is 0 Å². The van der Waals surface area contributed by atoms with Gasteiger partial charge in [-0.25, -0.2) is 0 Å². The summed E-state index contributed by atoms with van der Waals surface area (Å²) in [6, 6.07) is 4.58. The van der Waals surface area contributed by atoms with Crippen LogP contribution in [0.1, 0.15) is 28.8 Å². The minimum absolute atomic E-state index is 0.197. The summed E-state index contributed by atoms with van der Waals surface area (Å²) in [6.45, 7) is 0.327. The van der Waals surface area contributed by atoms with Crippen LogP contribution in [0.5, 0.6) is 0 Å². The van der Waals surface area contributed by atoms with Crippen molar-refractivity contribution in [2.45, 2.75) is 25.4 Å². The summed E-state index contributed by atoms with van der Waals surface area (Å²) >= 11 is 0. The Hall–Kier alpha value is -2.90. The zero-order chi connectivity index (χ0) is 17.9. The number of benzene rings is 1. The zero-order valence-electron chi connectivity index (χ0n) is 13.6. The molecule has 0 radical (unpaired) electrons. The number of nitrogens with zero attached hydrogens (tertiary/aromatic N) is 2. The highest BCUT2D eigenvalue weighted by molar-refractivity contribution is 6.06. The van der Waals surface area contributed by atoms with Crippen LogP contribution in [0.3, 0.4) is 0 Å². The summed E-state index contributed by atoms with van der Waals surface area (Å²) in [5, 5.41) is 2.27. The van der Waals surface area contributed by atoms with Crippen molar-refractivity contribution in [2.24, 2.45) is 0 Å². The lowest BCUT2D eigenvalue weighted by atomic mass is 10.0.